The molecule has 0 aliphatic carbocycles. The van der Waals surface area contributed by atoms with Crippen molar-refractivity contribution < 1.29 is 4.74 Å². The summed E-state index contributed by atoms with van der Waals surface area (Å²) in [7, 11) is 1.71. The summed E-state index contributed by atoms with van der Waals surface area (Å²) in [5.41, 5.74) is 0. The number of hydrogen-bond acceptors (Lipinski definition) is 3. The minimum Gasteiger partial charge on any atom is -0.383 e. The van der Waals surface area contributed by atoms with Crippen LogP contribution < -0.4 is 4.90 Å². The molecule has 0 spiro atoms. The van der Waals surface area contributed by atoms with Crippen LogP contribution in [0.4, 0.5) is 5.82 Å². The zero-order valence-corrected chi connectivity index (χ0v) is 10.9. The molecule has 0 aliphatic rings. The Kier molecular flexibility index (Phi) is 5.56. The Morgan fingerprint density at radius 3 is 2.75 bits per heavy atom. The van der Waals surface area contributed by atoms with Gasteiger partial charge >= 0.3 is 0 Å². The highest BCUT2D eigenvalue weighted by Crippen LogP contribution is 2.15. The fourth-order valence-corrected chi connectivity index (χ4v) is 1.67. The Morgan fingerprint density at radius 1 is 1.44 bits per heavy atom. The molecule has 1 heterocycles. The van der Waals surface area contributed by atoms with Crippen LogP contribution in [0.2, 0.25) is 5.15 Å². The Hall–Kier alpha value is -0.800. The molecule has 3 nitrogen and oxygen atoms in total. The lowest BCUT2D eigenvalue weighted by Crippen LogP contribution is -2.31. The molecule has 16 heavy (non-hydrogen) atoms. The molecule has 0 bridgehead atoms. The fraction of sp³-hybridized carbons (Fsp3) is 0.583. The number of ether oxygens (including phenoxy) is 1. The summed E-state index contributed by atoms with van der Waals surface area (Å²) in [6.45, 7) is 6.86. The van der Waals surface area contributed by atoms with Crippen molar-refractivity contribution >= 4 is 17.4 Å². The van der Waals surface area contributed by atoms with Crippen LogP contribution in [0.15, 0.2) is 18.2 Å². The van der Waals surface area contributed by atoms with E-state index in [1.807, 2.05) is 12.1 Å². The topological polar surface area (TPSA) is 25.4 Å². The van der Waals surface area contributed by atoms with E-state index in [4.69, 9.17) is 16.3 Å². The number of hydrogen-bond donors (Lipinski definition) is 0. The summed E-state index contributed by atoms with van der Waals surface area (Å²) < 4.78 is 5.10. The second kappa shape index (κ2) is 6.71. The molecule has 0 atom stereocenters. The monoisotopic (exact) mass is 242 g/mol. The molecule has 0 unspecified atom stereocenters. The maximum atomic E-state index is 5.89. The highest BCUT2D eigenvalue weighted by molar-refractivity contribution is 6.29. The molecule has 1 rings (SSSR count). The summed E-state index contributed by atoms with van der Waals surface area (Å²) in [6, 6.07) is 5.68. The van der Waals surface area contributed by atoms with Crippen molar-refractivity contribution in [3.63, 3.8) is 0 Å². The molecule has 1 aromatic rings. The molecule has 0 fully saturated rings. The first-order valence-electron chi connectivity index (χ1n) is 5.50. The SMILES string of the molecule is COCCN(CC(C)C)c1cccc(Cl)n1. The number of aromatic nitrogens is 1. The van der Waals surface area contributed by atoms with Crippen molar-refractivity contribution in [2.24, 2.45) is 5.92 Å². The predicted octanol–water partition coefficient (Wildman–Crippen LogP) is 2.84. The van der Waals surface area contributed by atoms with Gasteiger partial charge in [0.05, 0.1) is 6.61 Å². The average molecular weight is 243 g/mol. The van der Waals surface area contributed by atoms with Gasteiger partial charge in [-0.2, -0.15) is 0 Å². The largest absolute Gasteiger partial charge is 0.383 e. The van der Waals surface area contributed by atoms with Crippen molar-refractivity contribution in [2.45, 2.75) is 13.8 Å². The van der Waals surface area contributed by atoms with Gasteiger partial charge in [0.2, 0.25) is 0 Å². The van der Waals surface area contributed by atoms with E-state index in [1.54, 1.807) is 13.2 Å². The van der Waals surface area contributed by atoms with E-state index < -0.39 is 0 Å². The molecule has 0 saturated carbocycles. The minimum absolute atomic E-state index is 0.531. The molecule has 0 radical (unpaired) electrons. The Balaban J connectivity index is 2.74. The first kappa shape index (κ1) is 13.3. The van der Waals surface area contributed by atoms with E-state index in [1.165, 1.54) is 0 Å². The normalized spacial score (nSPS) is 10.8. The third-order valence-electron chi connectivity index (χ3n) is 2.18. The maximum Gasteiger partial charge on any atom is 0.131 e. The third-order valence-corrected chi connectivity index (χ3v) is 2.39. The summed E-state index contributed by atoms with van der Waals surface area (Å²) in [6.07, 6.45) is 0. The van der Waals surface area contributed by atoms with Gasteiger partial charge in [0.1, 0.15) is 11.0 Å². The molecule has 0 amide bonds. The highest BCUT2D eigenvalue weighted by atomic mass is 35.5. The van der Waals surface area contributed by atoms with Gasteiger partial charge in [-0.05, 0) is 18.1 Å². The van der Waals surface area contributed by atoms with Gasteiger partial charge in [-0.3, -0.25) is 0 Å². The lowest BCUT2D eigenvalue weighted by atomic mass is 10.2. The summed E-state index contributed by atoms with van der Waals surface area (Å²) in [5, 5.41) is 0.531. The van der Waals surface area contributed by atoms with Gasteiger partial charge in [-0.25, -0.2) is 4.98 Å². The number of anilines is 1. The van der Waals surface area contributed by atoms with Crippen LogP contribution in [0.1, 0.15) is 13.8 Å². The van der Waals surface area contributed by atoms with Crippen LogP contribution in [0.3, 0.4) is 0 Å². The highest BCUT2D eigenvalue weighted by Gasteiger charge is 2.09. The smallest absolute Gasteiger partial charge is 0.131 e. The maximum absolute atomic E-state index is 5.89. The number of nitrogens with zero attached hydrogens (tertiary/aromatic N) is 2. The standard InChI is InChI=1S/C12H19ClN2O/c1-10(2)9-15(7-8-16-3)12-6-4-5-11(13)14-12/h4-6,10H,7-9H2,1-3H3. The lowest BCUT2D eigenvalue weighted by Gasteiger charge is -2.25. The minimum atomic E-state index is 0.531. The fourth-order valence-electron chi connectivity index (χ4n) is 1.52. The first-order valence-corrected chi connectivity index (χ1v) is 5.87. The number of methoxy groups -OCH3 is 1. The number of halogens is 1. The predicted molar refractivity (Wildman–Crippen MR) is 68.2 cm³/mol. The van der Waals surface area contributed by atoms with E-state index in [2.05, 4.69) is 23.7 Å². The van der Waals surface area contributed by atoms with Crippen molar-refractivity contribution in [3.05, 3.63) is 23.4 Å². The number of pyridine rings is 1. The van der Waals surface area contributed by atoms with Crippen LogP contribution in [0.25, 0.3) is 0 Å². The van der Waals surface area contributed by atoms with E-state index in [9.17, 15) is 0 Å². The Labute approximate surface area is 102 Å². The number of rotatable bonds is 6. The summed E-state index contributed by atoms with van der Waals surface area (Å²) in [5.74, 6) is 1.50. The Bertz CT molecular complexity index is 318. The van der Waals surface area contributed by atoms with Crippen LogP contribution in [-0.2, 0) is 4.74 Å². The van der Waals surface area contributed by atoms with E-state index in [-0.39, 0.29) is 0 Å². The molecular weight excluding hydrogens is 224 g/mol. The molecule has 0 saturated heterocycles. The van der Waals surface area contributed by atoms with E-state index >= 15 is 0 Å². The molecule has 0 N–H and O–H groups in total. The van der Waals surface area contributed by atoms with Crippen molar-refractivity contribution in [1.29, 1.82) is 0 Å². The second-order valence-electron chi connectivity index (χ2n) is 4.15. The molecule has 0 aliphatic heterocycles. The third kappa shape index (κ3) is 4.37. The zero-order valence-electron chi connectivity index (χ0n) is 10.1. The lowest BCUT2D eigenvalue weighted by molar-refractivity contribution is 0.204. The van der Waals surface area contributed by atoms with Crippen LogP contribution in [0, 0.1) is 5.92 Å². The zero-order chi connectivity index (χ0) is 12.0. The van der Waals surface area contributed by atoms with E-state index in [0.29, 0.717) is 17.7 Å². The van der Waals surface area contributed by atoms with Crippen molar-refractivity contribution in [1.82, 2.24) is 4.98 Å². The van der Waals surface area contributed by atoms with Gasteiger partial charge < -0.3 is 9.64 Å². The summed E-state index contributed by atoms with van der Waals surface area (Å²) in [4.78, 5) is 6.51. The summed E-state index contributed by atoms with van der Waals surface area (Å²) >= 11 is 5.89. The molecule has 1 aromatic heterocycles. The molecule has 90 valence electrons. The molecular formula is C12H19ClN2O. The second-order valence-corrected chi connectivity index (χ2v) is 4.54. The first-order chi connectivity index (χ1) is 7.63. The van der Waals surface area contributed by atoms with Gasteiger partial charge in [0.25, 0.3) is 0 Å². The van der Waals surface area contributed by atoms with Crippen LogP contribution >= 0.6 is 11.6 Å². The van der Waals surface area contributed by atoms with Gasteiger partial charge in [0, 0.05) is 20.2 Å². The van der Waals surface area contributed by atoms with Gasteiger partial charge in [-0.15, -0.1) is 0 Å². The molecule has 4 heteroatoms. The van der Waals surface area contributed by atoms with Crippen molar-refractivity contribution in [2.75, 3.05) is 31.7 Å². The van der Waals surface area contributed by atoms with Gasteiger partial charge in [-0.1, -0.05) is 31.5 Å². The van der Waals surface area contributed by atoms with Crippen LogP contribution in [-0.4, -0.2) is 31.8 Å². The van der Waals surface area contributed by atoms with Gasteiger partial charge in [0.15, 0.2) is 0 Å². The average Bonchev–Trinajstić information content (AvgIpc) is 2.23. The van der Waals surface area contributed by atoms with E-state index in [0.717, 1.165) is 18.9 Å². The Morgan fingerprint density at radius 2 is 2.19 bits per heavy atom. The quantitative estimate of drug-likeness (QED) is 0.718. The molecule has 0 aromatic carbocycles. The van der Waals surface area contributed by atoms with Crippen LogP contribution in [0.5, 0.6) is 0 Å². The van der Waals surface area contributed by atoms with Crippen molar-refractivity contribution in [3.8, 4) is 0 Å².